The molecule has 23 nitrogen and oxygen atoms in total. The number of hydrogen-bond acceptors (Lipinski definition) is 14. The Labute approximate surface area is 512 Å². The van der Waals surface area contributed by atoms with E-state index in [1.54, 1.807) is 35.0 Å². The van der Waals surface area contributed by atoms with Gasteiger partial charge in [-0.25, -0.2) is 4.98 Å². The molecule has 0 spiro atoms. The summed E-state index contributed by atoms with van der Waals surface area (Å²) in [6.45, 7) is 10.5. The maximum absolute atomic E-state index is 14.6. The maximum Gasteiger partial charge on any atom is 0.396 e. The van der Waals surface area contributed by atoms with Crippen molar-refractivity contribution in [3.8, 4) is 16.2 Å². The van der Waals surface area contributed by atoms with Crippen molar-refractivity contribution in [3.63, 3.8) is 0 Å². The van der Waals surface area contributed by atoms with Crippen LogP contribution < -0.4 is 26.4 Å². The predicted molar refractivity (Wildman–Crippen MR) is 324 cm³/mol. The number of aryl methyl sites for hydroxylation is 2. The van der Waals surface area contributed by atoms with E-state index in [9.17, 15) is 62.6 Å². The van der Waals surface area contributed by atoms with Crippen molar-refractivity contribution in [2.75, 3.05) is 26.2 Å². The van der Waals surface area contributed by atoms with E-state index >= 15 is 0 Å². The first-order valence-corrected chi connectivity index (χ1v) is 31.9. The Morgan fingerprint density at radius 2 is 1.67 bits per heavy atom. The van der Waals surface area contributed by atoms with Gasteiger partial charge in [-0.05, 0) is 105 Å². The van der Waals surface area contributed by atoms with Crippen molar-refractivity contribution < 1.29 is 67.3 Å². The molecule has 0 aliphatic carbocycles. The van der Waals surface area contributed by atoms with Crippen molar-refractivity contribution in [1.82, 2.24) is 40.6 Å². The van der Waals surface area contributed by atoms with Crippen LogP contribution in [0.2, 0.25) is 5.02 Å². The number of benzene rings is 3. The molecule has 3 aliphatic rings. The highest BCUT2D eigenvalue weighted by molar-refractivity contribution is 7.70. The number of β-amino-alcohol motifs (C(OH)–C–C–N with tert-alkyl or cyclic N) is 1. The van der Waals surface area contributed by atoms with Gasteiger partial charge in [0, 0.05) is 80.7 Å². The molecule has 5 heterocycles. The molecule has 2 aromatic heterocycles. The molecule has 9 N–H and O–H groups in total. The number of aliphatic hydroxyl groups excluding tert-OH is 1. The number of hydrogen-bond donors (Lipinski definition) is 8. The molecule has 3 aromatic carbocycles. The lowest BCUT2D eigenvalue weighted by atomic mass is 9.76. The largest absolute Gasteiger partial charge is 0.490 e. The molecule has 8 rings (SSSR count). The van der Waals surface area contributed by atoms with Gasteiger partial charge in [0.15, 0.2) is 0 Å². The van der Waals surface area contributed by atoms with Crippen LogP contribution in [0.1, 0.15) is 136 Å². The number of nitrogens with zero attached hydrogens (tertiary/aromatic N) is 4. The lowest BCUT2D eigenvalue weighted by molar-refractivity contribution is -0.146. The minimum atomic E-state index is -5.10. The summed E-state index contributed by atoms with van der Waals surface area (Å²) < 4.78 is 17.8. The fourth-order valence-corrected chi connectivity index (χ4v) is 13.2. The van der Waals surface area contributed by atoms with Gasteiger partial charge in [0.1, 0.15) is 42.0 Å². The topological polar surface area (TPSA) is 341 Å². The van der Waals surface area contributed by atoms with Crippen LogP contribution in [0.4, 0.5) is 0 Å². The average Bonchev–Trinajstić information content (AvgIpc) is 2.34. The van der Waals surface area contributed by atoms with Crippen LogP contribution in [-0.4, -0.2) is 155 Å². The van der Waals surface area contributed by atoms with E-state index in [0.717, 1.165) is 21.7 Å². The number of ether oxygens (including phenoxy) is 1. The summed E-state index contributed by atoms with van der Waals surface area (Å²) in [5.41, 5.74) is 8.79. The van der Waals surface area contributed by atoms with E-state index in [1.165, 1.54) is 45.9 Å². The zero-order valence-electron chi connectivity index (χ0n) is 49.4. The van der Waals surface area contributed by atoms with Crippen LogP contribution in [0.3, 0.4) is 0 Å². The van der Waals surface area contributed by atoms with E-state index in [0.29, 0.717) is 36.8 Å². The number of halogens is 1. The van der Waals surface area contributed by atoms with Crippen molar-refractivity contribution in [1.29, 1.82) is 0 Å². The van der Waals surface area contributed by atoms with E-state index < -0.39 is 96.3 Å². The number of Topliss-reactive ketones (excluding diaryl/α,β-unsaturated/α-hetero) is 1. The smallest absolute Gasteiger partial charge is 0.396 e. The summed E-state index contributed by atoms with van der Waals surface area (Å²) in [5.74, 6) is -4.38. The zero-order chi connectivity index (χ0) is 63.2. The molecule has 5 aromatic rings. The summed E-state index contributed by atoms with van der Waals surface area (Å²) in [6.07, 6.45) is 0.799. The molecule has 0 radical (unpaired) electrons. The monoisotopic (exact) mass is 1260 g/mol. The van der Waals surface area contributed by atoms with Gasteiger partial charge >= 0.3 is 7.60 Å². The SMILES string of the molecule is CC(=O)N1CC[C@H]2CC[C@@H](C(=O)N[C@@H](CCC(N)=O)COc3cccc(CCCC(=O)C[C@H](C(=O)N4C[C@H](O)C[C@H]4C(=O)N[C@@H](C)c4ccc(-c5scnc5C)cc4)C(C)(C)C)c3Cl)N2C(=O)[C@@H](NC(=O)c2cc3cc(C(=O)P(=O)(O)O)ccc3[nH]2)C1. The molecule has 7 amide bonds. The van der Waals surface area contributed by atoms with Crippen LogP contribution in [-0.2, 0) is 44.5 Å². The van der Waals surface area contributed by atoms with Crippen LogP contribution in [0.25, 0.3) is 21.3 Å². The Kier molecular flexibility index (Phi) is 21.0. The molecule has 3 aliphatic heterocycles. The number of carbonyl (C=O) groups is 9. The lowest BCUT2D eigenvalue weighted by Crippen LogP contribution is -2.61. The molecule has 0 saturated carbocycles. The van der Waals surface area contributed by atoms with Crippen LogP contribution >= 0.6 is 30.5 Å². The van der Waals surface area contributed by atoms with Gasteiger partial charge in [0.25, 0.3) is 11.4 Å². The number of aliphatic hydroxyl groups is 1. The molecule has 466 valence electrons. The molecule has 3 fully saturated rings. The van der Waals surface area contributed by atoms with Crippen molar-refractivity contribution in [3.05, 3.63) is 105 Å². The number of thiazole rings is 1. The molecule has 87 heavy (non-hydrogen) atoms. The minimum Gasteiger partial charge on any atom is -0.490 e. The van der Waals surface area contributed by atoms with Gasteiger partial charge in [-0.3, -0.25) is 47.7 Å². The highest BCUT2D eigenvalue weighted by atomic mass is 35.5. The van der Waals surface area contributed by atoms with Gasteiger partial charge in [-0.2, -0.15) is 0 Å². The Morgan fingerprint density at radius 1 is 0.943 bits per heavy atom. The van der Waals surface area contributed by atoms with Crippen LogP contribution in [0, 0.1) is 18.3 Å². The zero-order valence-corrected chi connectivity index (χ0v) is 51.8. The molecule has 26 heteroatoms. The quantitative estimate of drug-likeness (QED) is 0.0353. The number of fused-ring (bicyclic) bond motifs is 2. The number of H-pyrrole nitrogens is 1. The van der Waals surface area contributed by atoms with Crippen molar-refractivity contribution in [2.45, 2.75) is 148 Å². The normalized spacial score (nSPS) is 20.0. The number of amides is 7. The molecule has 8 atom stereocenters. The predicted octanol–water partition coefficient (Wildman–Crippen LogP) is 5.89. The molecule has 3 saturated heterocycles. The number of aromatic amines is 1. The first-order chi connectivity index (χ1) is 41.1. The van der Waals surface area contributed by atoms with Gasteiger partial charge in [0.2, 0.25) is 35.4 Å². The number of carbonyl (C=O) groups excluding carboxylic acids is 9. The first-order valence-electron chi connectivity index (χ1n) is 29.0. The third-order valence-electron chi connectivity index (χ3n) is 16.5. The fraction of sp³-hybridized carbons (Fsp3) is 0.475. The molecule has 0 bridgehead atoms. The van der Waals surface area contributed by atoms with Gasteiger partial charge in [-0.15, -0.1) is 11.3 Å². The maximum atomic E-state index is 14.6. The van der Waals surface area contributed by atoms with Gasteiger partial charge in [0.05, 0.1) is 39.3 Å². The number of ketones is 1. The lowest BCUT2D eigenvalue weighted by Gasteiger charge is -2.38. The third kappa shape index (κ3) is 16.1. The van der Waals surface area contributed by atoms with E-state index in [4.69, 9.17) is 22.1 Å². The summed E-state index contributed by atoms with van der Waals surface area (Å²) in [4.78, 5) is 153. The number of rotatable bonds is 23. The molecular formula is C61H75ClN9O14PS. The number of likely N-dealkylation sites (tertiary alicyclic amines) is 1. The second-order valence-electron chi connectivity index (χ2n) is 23.9. The Balaban J connectivity index is 0.870. The second-order valence-corrected chi connectivity index (χ2v) is 26.6. The summed E-state index contributed by atoms with van der Waals surface area (Å²) in [7, 11) is -5.10. The average molecular weight is 1260 g/mol. The van der Waals surface area contributed by atoms with Crippen LogP contribution in [0.15, 0.2) is 72.2 Å². The number of primary amides is 1. The summed E-state index contributed by atoms with van der Waals surface area (Å²) in [6, 6.07) is 13.2. The first kappa shape index (κ1) is 65.6. The number of aromatic nitrogens is 2. The Bertz CT molecular complexity index is 3490. The van der Waals surface area contributed by atoms with Crippen LogP contribution in [0.5, 0.6) is 5.75 Å². The fourth-order valence-electron chi connectivity index (χ4n) is 11.7. The third-order valence-corrected chi connectivity index (χ3v) is 18.7. The van der Waals surface area contributed by atoms with E-state index in [1.807, 2.05) is 58.9 Å². The number of nitrogens with two attached hydrogens (primary N) is 1. The van der Waals surface area contributed by atoms with Crippen molar-refractivity contribution >= 4 is 94.1 Å². The molecular weight excluding hydrogens is 1180 g/mol. The Hall–Kier alpha value is -7.34. The van der Waals surface area contributed by atoms with E-state index in [2.05, 4.69) is 25.9 Å². The van der Waals surface area contributed by atoms with Crippen molar-refractivity contribution in [2.24, 2.45) is 17.1 Å². The van der Waals surface area contributed by atoms with Gasteiger partial charge in [-0.1, -0.05) is 68.8 Å². The summed E-state index contributed by atoms with van der Waals surface area (Å²) >= 11 is 8.48. The Morgan fingerprint density at radius 3 is 2.33 bits per heavy atom. The second kappa shape index (κ2) is 27.8. The summed E-state index contributed by atoms with van der Waals surface area (Å²) in [5, 5.41) is 20.0. The minimum absolute atomic E-state index is 0.0438. The highest BCUT2D eigenvalue weighted by Gasteiger charge is 2.47. The van der Waals surface area contributed by atoms with E-state index in [-0.39, 0.29) is 110 Å². The van der Waals surface area contributed by atoms with Gasteiger partial charge < -0.3 is 61.0 Å². The number of nitrogens with one attached hydrogen (secondary N) is 4. The molecule has 0 unspecified atom stereocenters. The highest BCUT2D eigenvalue weighted by Crippen LogP contribution is 2.40. The standard InChI is InChI=1S/C61H75ClN9O14PS/c1-33(36-13-15-38(16-14-36)54-34(2)64-32-87-54)65-57(78)50-28-44(74)29-70(50)58(79)45(61(4,5)6)27-43(73)11-7-9-37-10-8-12-51(53(37)62)85-31-41(18-22-52(63)75)66-56(77)49-21-19-42-23-24-69(35(3)72)30-48(59(80)71(42)49)68-55(76)47-26-40-25-39(17-20-46(40)67-47)60(81)86(82,83)84/h8,10,12-17,20,25-26,32-33,41-42,44-45,48-50,67,74H,7,9,11,18-19,21-24,27-31H2,1-6H3,(H2,63,75)(H,65,78)(H,66,77)(H,68,76)(H2,82,83,84)/t33-,41-,42+,44+,45+,48-,49-,50-/m0/s1.